The number of guanidine groups is 1. The van der Waals surface area contributed by atoms with Crippen LogP contribution in [0.1, 0.15) is 31.3 Å². The molecule has 0 bridgehead atoms. The lowest BCUT2D eigenvalue weighted by atomic mass is 10.1. The van der Waals surface area contributed by atoms with Crippen molar-refractivity contribution in [3.63, 3.8) is 0 Å². The molecule has 0 saturated carbocycles. The molecular weight excluding hydrogens is 284 g/mol. The number of rotatable bonds is 8. The van der Waals surface area contributed by atoms with Gasteiger partial charge in [-0.25, -0.2) is 0 Å². The lowest BCUT2D eigenvalue weighted by Gasteiger charge is -2.21. The van der Waals surface area contributed by atoms with Crippen LogP contribution in [0.2, 0.25) is 0 Å². The average molecular weight is 310 g/mol. The van der Waals surface area contributed by atoms with Crippen LogP contribution in [0.15, 0.2) is 27.8 Å². The molecule has 0 aliphatic heterocycles. The highest BCUT2D eigenvalue weighted by atomic mass is 16.5. The van der Waals surface area contributed by atoms with E-state index in [1.165, 1.54) is 6.26 Å². The Morgan fingerprint density at radius 2 is 2.05 bits per heavy atom. The summed E-state index contributed by atoms with van der Waals surface area (Å²) in [7, 11) is 1.67. The Morgan fingerprint density at radius 1 is 1.32 bits per heavy atom. The van der Waals surface area contributed by atoms with Gasteiger partial charge in [-0.2, -0.15) is 0 Å². The number of aliphatic imine (C=N–C) groups is 1. The molecule has 1 aromatic heterocycles. The van der Waals surface area contributed by atoms with E-state index in [4.69, 9.17) is 9.15 Å². The molecular formula is C15H26N4O3. The zero-order valence-electron chi connectivity index (χ0n) is 13.7. The van der Waals surface area contributed by atoms with Gasteiger partial charge in [-0.1, -0.05) is 0 Å². The van der Waals surface area contributed by atoms with Crippen molar-refractivity contribution in [3.05, 3.63) is 24.2 Å². The van der Waals surface area contributed by atoms with Gasteiger partial charge in [-0.15, -0.1) is 0 Å². The third-order valence-electron chi connectivity index (χ3n) is 2.96. The highest BCUT2D eigenvalue weighted by Gasteiger charge is 2.15. The van der Waals surface area contributed by atoms with Crippen molar-refractivity contribution in [1.82, 2.24) is 16.0 Å². The fourth-order valence-corrected chi connectivity index (χ4v) is 1.53. The first kappa shape index (κ1) is 18.0. The van der Waals surface area contributed by atoms with Gasteiger partial charge in [0.15, 0.2) is 11.7 Å². The van der Waals surface area contributed by atoms with Gasteiger partial charge < -0.3 is 25.1 Å². The van der Waals surface area contributed by atoms with Crippen molar-refractivity contribution in [3.8, 4) is 0 Å². The second kappa shape index (κ2) is 9.09. The van der Waals surface area contributed by atoms with Crippen LogP contribution >= 0.6 is 0 Å². The van der Waals surface area contributed by atoms with Gasteiger partial charge in [-0.05, 0) is 32.9 Å². The Hall–Kier alpha value is -2.02. The van der Waals surface area contributed by atoms with Crippen LogP contribution in [-0.4, -0.2) is 50.8 Å². The molecule has 0 radical (unpaired) electrons. The van der Waals surface area contributed by atoms with Crippen molar-refractivity contribution in [2.45, 2.75) is 26.4 Å². The molecule has 0 spiro atoms. The van der Waals surface area contributed by atoms with Crippen molar-refractivity contribution in [1.29, 1.82) is 0 Å². The molecule has 0 atom stereocenters. The number of methoxy groups -OCH3 is 1. The van der Waals surface area contributed by atoms with Crippen LogP contribution in [0.4, 0.5) is 0 Å². The van der Waals surface area contributed by atoms with Crippen LogP contribution in [0.3, 0.4) is 0 Å². The standard InChI is InChI=1S/C15H26N4O3/c1-5-16-14(19-11-15(2,3)21-4)18-9-8-17-13(20)12-7-6-10-22-12/h6-7,10H,5,8-9,11H2,1-4H3,(H,17,20)(H2,16,18,19). The minimum absolute atomic E-state index is 0.228. The molecule has 0 saturated heterocycles. The predicted octanol–water partition coefficient (Wildman–Crippen LogP) is 0.990. The second-order valence-corrected chi connectivity index (χ2v) is 5.32. The maximum absolute atomic E-state index is 11.7. The Bertz CT molecular complexity index is 469. The van der Waals surface area contributed by atoms with E-state index < -0.39 is 0 Å². The highest BCUT2D eigenvalue weighted by molar-refractivity contribution is 5.91. The Labute approximate surface area is 131 Å². The molecule has 22 heavy (non-hydrogen) atoms. The lowest BCUT2D eigenvalue weighted by Crippen LogP contribution is -2.42. The largest absolute Gasteiger partial charge is 0.459 e. The second-order valence-electron chi connectivity index (χ2n) is 5.32. The SMILES string of the molecule is CCNC(=NCC(C)(C)OC)NCCNC(=O)c1ccco1. The zero-order valence-corrected chi connectivity index (χ0v) is 13.7. The number of nitrogens with one attached hydrogen (secondary N) is 3. The van der Waals surface area contributed by atoms with Gasteiger partial charge in [-0.3, -0.25) is 9.79 Å². The molecule has 7 heteroatoms. The lowest BCUT2D eigenvalue weighted by molar-refractivity contribution is 0.0310. The quantitative estimate of drug-likeness (QED) is 0.379. The van der Waals surface area contributed by atoms with E-state index in [0.29, 0.717) is 31.4 Å². The van der Waals surface area contributed by atoms with Gasteiger partial charge in [0.1, 0.15) is 0 Å². The molecule has 3 N–H and O–H groups in total. The number of furan rings is 1. The monoisotopic (exact) mass is 310 g/mol. The van der Waals surface area contributed by atoms with Gasteiger partial charge in [0.2, 0.25) is 0 Å². The topological polar surface area (TPSA) is 87.9 Å². The first-order valence-electron chi connectivity index (χ1n) is 7.37. The number of hydrogen-bond donors (Lipinski definition) is 3. The third kappa shape index (κ3) is 6.62. The summed E-state index contributed by atoms with van der Waals surface area (Å²) >= 11 is 0. The predicted molar refractivity (Wildman–Crippen MR) is 86.1 cm³/mol. The molecule has 1 aromatic rings. The van der Waals surface area contributed by atoms with Crippen LogP contribution in [0, 0.1) is 0 Å². The number of carbonyl (C=O) groups is 1. The van der Waals surface area contributed by atoms with E-state index >= 15 is 0 Å². The Kier molecular flexibility index (Phi) is 7.45. The number of nitrogens with zero attached hydrogens (tertiary/aromatic N) is 1. The summed E-state index contributed by atoms with van der Waals surface area (Å²) in [4.78, 5) is 16.1. The van der Waals surface area contributed by atoms with Crippen LogP contribution in [0.25, 0.3) is 0 Å². The molecule has 124 valence electrons. The Morgan fingerprint density at radius 3 is 2.64 bits per heavy atom. The number of hydrogen-bond acceptors (Lipinski definition) is 4. The molecule has 0 aliphatic rings. The minimum atomic E-state index is -0.310. The minimum Gasteiger partial charge on any atom is -0.459 e. The fraction of sp³-hybridized carbons (Fsp3) is 0.600. The smallest absolute Gasteiger partial charge is 0.287 e. The first-order valence-corrected chi connectivity index (χ1v) is 7.37. The molecule has 1 amide bonds. The van der Waals surface area contributed by atoms with Gasteiger partial charge in [0.05, 0.1) is 18.4 Å². The fourth-order valence-electron chi connectivity index (χ4n) is 1.53. The normalized spacial score (nSPS) is 12.1. The van der Waals surface area contributed by atoms with E-state index in [1.54, 1.807) is 19.2 Å². The Balaban J connectivity index is 2.35. The summed E-state index contributed by atoms with van der Waals surface area (Å²) in [5, 5.41) is 9.07. The van der Waals surface area contributed by atoms with Crippen LogP contribution in [-0.2, 0) is 4.74 Å². The third-order valence-corrected chi connectivity index (χ3v) is 2.96. The summed E-state index contributed by atoms with van der Waals surface area (Å²) in [5.74, 6) is 0.775. The van der Waals surface area contributed by atoms with E-state index in [-0.39, 0.29) is 11.5 Å². The van der Waals surface area contributed by atoms with Crippen LogP contribution in [0.5, 0.6) is 0 Å². The van der Waals surface area contributed by atoms with Gasteiger partial charge >= 0.3 is 0 Å². The van der Waals surface area contributed by atoms with Crippen molar-refractivity contribution >= 4 is 11.9 Å². The number of carbonyl (C=O) groups excluding carboxylic acids is 1. The molecule has 0 fully saturated rings. The number of amides is 1. The highest BCUT2D eigenvalue weighted by Crippen LogP contribution is 2.06. The summed E-state index contributed by atoms with van der Waals surface area (Å²) < 4.78 is 10.4. The van der Waals surface area contributed by atoms with E-state index in [2.05, 4.69) is 20.9 Å². The first-order chi connectivity index (χ1) is 10.5. The summed E-state index contributed by atoms with van der Waals surface area (Å²) in [6, 6.07) is 3.31. The van der Waals surface area contributed by atoms with Crippen molar-refractivity contribution in [2.24, 2.45) is 4.99 Å². The summed E-state index contributed by atoms with van der Waals surface area (Å²) in [6.07, 6.45) is 1.47. The average Bonchev–Trinajstić information content (AvgIpc) is 3.03. The van der Waals surface area contributed by atoms with Gasteiger partial charge in [0.25, 0.3) is 5.91 Å². The van der Waals surface area contributed by atoms with Gasteiger partial charge in [0, 0.05) is 26.7 Å². The maximum atomic E-state index is 11.7. The maximum Gasteiger partial charge on any atom is 0.287 e. The molecule has 0 unspecified atom stereocenters. The van der Waals surface area contributed by atoms with Crippen LogP contribution < -0.4 is 16.0 Å². The van der Waals surface area contributed by atoms with E-state index in [1.807, 2.05) is 20.8 Å². The van der Waals surface area contributed by atoms with E-state index in [0.717, 1.165) is 6.54 Å². The molecule has 0 aromatic carbocycles. The number of ether oxygens (including phenoxy) is 1. The van der Waals surface area contributed by atoms with E-state index in [9.17, 15) is 4.79 Å². The van der Waals surface area contributed by atoms with Crippen molar-refractivity contribution < 1.29 is 13.9 Å². The molecule has 1 heterocycles. The summed E-state index contributed by atoms with van der Waals surface area (Å²) in [6.45, 7) is 8.28. The zero-order chi connectivity index (χ0) is 16.4. The molecule has 0 aliphatic carbocycles. The molecule has 1 rings (SSSR count). The van der Waals surface area contributed by atoms with Crippen molar-refractivity contribution in [2.75, 3.05) is 33.3 Å². The summed E-state index contributed by atoms with van der Waals surface area (Å²) in [5.41, 5.74) is -0.310. The molecule has 7 nitrogen and oxygen atoms in total.